The molecule has 2 heterocycles. The molecule has 1 N–H and O–H groups in total. The fraction of sp³-hybridized carbons (Fsp3) is 0.200. The topological polar surface area (TPSA) is 76.5 Å². The highest BCUT2D eigenvalue weighted by atomic mass is 32.2. The molecule has 0 spiro atoms. The highest BCUT2D eigenvalue weighted by Crippen LogP contribution is 2.22. The van der Waals surface area contributed by atoms with Crippen LogP contribution in [0.5, 0.6) is 0 Å². The van der Waals surface area contributed by atoms with E-state index in [2.05, 4.69) is 36.9 Å². The zero-order valence-electron chi connectivity index (χ0n) is 15.1. The predicted octanol–water partition coefficient (Wildman–Crippen LogP) is 3.47. The monoisotopic (exact) mass is 377 g/mol. The molecule has 0 radical (unpaired) electrons. The summed E-state index contributed by atoms with van der Waals surface area (Å²) in [6.45, 7) is 4.62. The zero-order chi connectivity index (χ0) is 18.8. The van der Waals surface area contributed by atoms with Crippen molar-refractivity contribution in [1.29, 1.82) is 0 Å². The second-order valence-corrected chi connectivity index (χ2v) is 7.32. The first-order valence-corrected chi connectivity index (χ1v) is 9.65. The molecular formula is C20H19N5OS. The summed E-state index contributed by atoms with van der Waals surface area (Å²) in [5.74, 6) is 2.02. The average molecular weight is 377 g/mol. The molecule has 0 aliphatic rings. The van der Waals surface area contributed by atoms with Gasteiger partial charge in [0.25, 0.3) is 5.56 Å². The van der Waals surface area contributed by atoms with Crippen LogP contribution in [0, 0.1) is 13.8 Å². The molecule has 0 amide bonds. The van der Waals surface area contributed by atoms with Crippen LogP contribution in [0.4, 0.5) is 0 Å². The first-order chi connectivity index (χ1) is 13.1. The number of thioether (sulfide) groups is 1. The summed E-state index contributed by atoms with van der Waals surface area (Å²) >= 11 is 1.52. The highest BCUT2D eigenvalue weighted by molar-refractivity contribution is 7.98. The minimum absolute atomic E-state index is 0.110. The molecule has 2 aromatic heterocycles. The minimum atomic E-state index is -0.110. The number of hydrogen-bond acceptors (Lipinski definition) is 5. The fourth-order valence-electron chi connectivity index (χ4n) is 2.97. The van der Waals surface area contributed by atoms with Crippen LogP contribution in [0.15, 0.2) is 58.5 Å². The Morgan fingerprint density at radius 1 is 1.04 bits per heavy atom. The Morgan fingerprint density at radius 2 is 1.85 bits per heavy atom. The molecule has 7 heteroatoms. The Morgan fingerprint density at radius 3 is 2.67 bits per heavy atom. The molecule has 27 heavy (non-hydrogen) atoms. The maximum Gasteiger partial charge on any atom is 0.258 e. The summed E-state index contributed by atoms with van der Waals surface area (Å²) in [4.78, 5) is 19.9. The van der Waals surface area contributed by atoms with E-state index in [1.807, 2.05) is 44.2 Å². The first kappa shape index (κ1) is 17.5. The smallest absolute Gasteiger partial charge is 0.258 e. The highest BCUT2D eigenvalue weighted by Gasteiger charge is 2.12. The Hall–Kier alpha value is -2.93. The van der Waals surface area contributed by atoms with Crippen molar-refractivity contribution in [2.45, 2.75) is 31.3 Å². The van der Waals surface area contributed by atoms with E-state index in [0.717, 1.165) is 22.1 Å². The number of rotatable bonds is 5. The summed E-state index contributed by atoms with van der Waals surface area (Å²) in [5.41, 5.74) is 2.82. The molecule has 0 aliphatic heterocycles. The molecule has 0 aliphatic carbocycles. The number of aromatic nitrogens is 5. The molecule has 0 bridgehead atoms. The Bertz CT molecular complexity index is 1150. The third-order valence-electron chi connectivity index (χ3n) is 4.41. The van der Waals surface area contributed by atoms with Gasteiger partial charge >= 0.3 is 0 Å². The number of hydrogen-bond donors (Lipinski definition) is 1. The van der Waals surface area contributed by atoms with E-state index in [9.17, 15) is 4.79 Å². The molecule has 4 rings (SSSR count). The molecular weight excluding hydrogens is 358 g/mol. The normalized spacial score (nSPS) is 11.2. The lowest BCUT2D eigenvalue weighted by Gasteiger charge is -2.09. The van der Waals surface area contributed by atoms with Gasteiger partial charge in [0.05, 0.1) is 23.2 Å². The van der Waals surface area contributed by atoms with Gasteiger partial charge < -0.3 is 9.55 Å². The number of H-pyrrole nitrogens is 1. The number of benzene rings is 2. The van der Waals surface area contributed by atoms with Crippen LogP contribution >= 0.6 is 11.8 Å². The van der Waals surface area contributed by atoms with Crippen LogP contribution in [0.25, 0.3) is 10.9 Å². The summed E-state index contributed by atoms with van der Waals surface area (Å²) in [5, 5.41) is 9.92. The first-order valence-electron chi connectivity index (χ1n) is 8.67. The van der Waals surface area contributed by atoms with Crippen LogP contribution in [0.2, 0.25) is 0 Å². The van der Waals surface area contributed by atoms with Gasteiger partial charge in [-0.3, -0.25) is 4.79 Å². The van der Waals surface area contributed by atoms with Crippen LogP contribution in [0.3, 0.4) is 0 Å². The van der Waals surface area contributed by atoms with Gasteiger partial charge in [-0.05, 0) is 31.0 Å². The Balaban J connectivity index is 1.59. The van der Waals surface area contributed by atoms with Crippen LogP contribution in [-0.2, 0) is 12.3 Å². The van der Waals surface area contributed by atoms with Crippen molar-refractivity contribution < 1.29 is 0 Å². The van der Waals surface area contributed by atoms with Gasteiger partial charge in [0.2, 0.25) is 0 Å². The van der Waals surface area contributed by atoms with E-state index >= 15 is 0 Å². The second-order valence-electron chi connectivity index (χ2n) is 6.37. The molecule has 0 saturated carbocycles. The SMILES string of the molecule is Cc1cccc2c(=O)[nH]c(CSc3nnc(C)n3Cc3ccccc3)nc12. The number of para-hydroxylation sites is 1. The van der Waals surface area contributed by atoms with Crippen LogP contribution < -0.4 is 5.56 Å². The van der Waals surface area contributed by atoms with Crippen molar-refractivity contribution >= 4 is 22.7 Å². The van der Waals surface area contributed by atoms with Gasteiger partial charge in [0.15, 0.2) is 5.16 Å². The van der Waals surface area contributed by atoms with Crippen LogP contribution in [0.1, 0.15) is 22.8 Å². The van der Waals surface area contributed by atoms with E-state index in [1.165, 1.54) is 17.3 Å². The van der Waals surface area contributed by atoms with Gasteiger partial charge in [-0.1, -0.05) is 54.2 Å². The molecule has 0 saturated heterocycles. The van der Waals surface area contributed by atoms with Crippen molar-refractivity contribution in [3.8, 4) is 0 Å². The summed E-state index contributed by atoms with van der Waals surface area (Å²) in [6, 6.07) is 15.8. The second kappa shape index (κ2) is 7.36. The van der Waals surface area contributed by atoms with Gasteiger partial charge in [-0.2, -0.15) is 0 Å². The van der Waals surface area contributed by atoms with Crippen molar-refractivity contribution in [2.75, 3.05) is 0 Å². The van der Waals surface area contributed by atoms with Crippen molar-refractivity contribution in [2.24, 2.45) is 0 Å². The lowest BCUT2D eigenvalue weighted by molar-refractivity contribution is 0.688. The summed E-state index contributed by atoms with van der Waals surface area (Å²) in [6.07, 6.45) is 0. The van der Waals surface area contributed by atoms with Gasteiger partial charge in [0, 0.05) is 0 Å². The lowest BCUT2D eigenvalue weighted by atomic mass is 10.1. The van der Waals surface area contributed by atoms with Gasteiger partial charge in [-0.15, -0.1) is 10.2 Å². The maximum atomic E-state index is 12.3. The number of aromatic amines is 1. The molecule has 0 atom stereocenters. The average Bonchev–Trinajstić information content (AvgIpc) is 3.02. The van der Waals surface area contributed by atoms with E-state index in [-0.39, 0.29) is 5.56 Å². The molecule has 4 aromatic rings. The quantitative estimate of drug-likeness (QED) is 0.539. The summed E-state index contributed by atoms with van der Waals surface area (Å²) in [7, 11) is 0. The van der Waals surface area contributed by atoms with Crippen LogP contribution in [-0.4, -0.2) is 24.7 Å². The van der Waals surface area contributed by atoms with E-state index < -0.39 is 0 Å². The minimum Gasteiger partial charge on any atom is -0.309 e. The Labute approximate surface area is 160 Å². The zero-order valence-corrected chi connectivity index (χ0v) is 16.0. The lowest BCUT2D eigenvalue weighted by Crippen LogP contribution is -2.12. The van der Waals surface area contributed by atoms with E-state index in [1.54, 1.807) is 6.07 Å². The number of aryl methyl sites for hydroxylation is 2. The van der Waals surface area contributed by atoms with Gasteiger partial charge in [-0.25, -0.2) is 4.98 Å². The van der Waals surface area contributed by atoms with Gasteiger partial charge in [0.1, 0.15) is 11.6 Å². The van der Waals surface area contributed by atoms with Crippen molar-refractivity contribution in [3.05, 3.63) is 81.7 Å². The molecule has 0 unspecified atom stereocenters. The Kier molecular flexibility index (Phi) is 4.77. The number of fused-ring (bicyclic) bond motifs is 1. The van der Waals surface area contributed by atoms with E-state index in [0.29, 0.717) is 23.5 Å². The molecule has 0 fully saturated rings. The van der Waals surface area contributed by atoms with E-state index in [4.69, 9.17) is 0 Å². The maximum absolute atomic E-state index is 12.3. The third kappa shape index (κ3) is 3.64. The number of nitrogens with one attached hydrogen (secondary N) is 1. The molecule has 6 nitrogen and oxygen atoms in total. The number of nitrogens with zero attached hydrogens (tertiary/aromatic N) is 4. The summed E-state index contributed by atoms with van der Waals surface area (Å²) < 4.78 is 2.07. The van der Waals surface area contributed by atoms with Crippen molar-refractivity contribution in [1.82, 2.24) is 24.7 Å². The fourth-order valence-corrected chi connectivity index (χ4v) is 3.82. The third-order valence-corrected chi connectivity index (χ3v) is 5.39. The molecule has 2 aromatic carbocycles. The molecule has 136 valence electrons. The standard InChI is InChI=1S/C20H19N5OS/c1-13-7-6-10-16-18(13)21-17(22-19(16)26)12-27-20-24-23-14(2)25(20)11-15-8-4-3-5-9-15/h3-10H,11-12H2,1-2H3,(H,21,22,26). The van der Waals surface area contributed by atoms with Crippen molar-refractivity contribution in [3.63, 3.8) is 0 Å². The largest absolute Gasteiger partial charge is 0.309 e. The predicted molar refractivity (Wildman–Crippen MR) is 107 cm³/mol.